The van der Waals surface area contributed by atoms with Crippen molar-refractivity contribution in [1.82, 2.24) is 10.2 Å². The molecule has 2 atom stereocenters. The summed E-state index contributed by atoms with van der Waals surface area (Å²) < 4.78 is 0. The average Bonchev–Trinajstić information content (AvgIpc) is 2.29. The summed E-state index contributed by atoms with van der Waals surface area (Å²) in [7, 11) is 0. The van der Waals surface area contributed by atoms with Crippen LogP contribution in [0.3, 0.4) is 0 Å². The van der Waals surface area contributed by atoms with Crippen LogP contribution in [0.15, 0.2) is 0 Å². The first-order valence-corrected chi connectivity index (χ1v) is 6.18. The molecule has 0 spiro atoms. The van der Waals surface area contributed by atoms with Gasteiger partial charge in [-0.05, 0) is 32.1 Å². The van der Waals surface area contributed by atoms with Crippen molar-refractivity contribution in [3.8, 4) is 0 Å². The Hall–Kier alpha value is -0.770. The van der Waals surface area contributed by atoms with Crippen molar-refractivity contribution in [2.45, 2.75) is 45.6 Å². The molecule has 1 aliphatic heterocycles. The molecule has 16 heavy (non-hydrogen) atoms. The predicted molar refractivity (Wildman–Crippen MR) is 64.3 cm³/mol. The van der Waals surface area contributed by atoms with Gasteiger partial charge in [0.15, 0.2) is 0 Å². The van der Waals surface area contributed by atoms with E-state index < -0.39 is 5.54 Å². The smallest absolute Gasteiger partial charge is 0.317 e. The van der Waals surface area contributed by atoms with Crippen LogP contribution in [0.25, 0.3) is 0 Å². The monoisotopic (exact) mass is 228 g/mol. The first-order chi connectivity index (χ1) is 7.50. The number of hydrogen-bond donors (Lipinski definition) is 2. The first kappa shape index (κ1) is 13.3. The third-order valence-electron chi connectivity index (χ3n) is 3.48. The molecule has 94 valence electrons. The molecule has 0 aromatic carbocycles. The lowest BCUT2D eigenvalue weighted by Gasteiger charge is -2.35. The maximum Gasteiger partial charge on any atom is 0.317 e. The van der Waals surface area contributed by atoms with Gasteiger partial charge in [-0.3, -0.25) is 0 Å². The highest BCUT2D eigenvalue weighted by atomic mass is 16.3. The van der Waals surface area contributed by atoms with Gasteiger partial charge in [0, 0.05) is 13.1 Å². The summed E-state index contributed by atoms with van der Waals surface area (Å²) in [6.45, 7) is 7.66. The molecule has 4 nitrogen and oxygen atoms in total. The van der Waals surface area contributed by atoms with E-state index in [0.717, 1.165) is 25.9 Å². The minimum atomic E-state index is -0.488. The van der Waals surface area contributed by atoms with Gasteiger partial charge in [0.2, 0.25) is 0 Å². The van der Waals surface area contributed by atoms with Crippen molar-refractivity contribution in [2.24, 2.45) is 5.92 Å². The van der Waals surface area contributed by atoms with Gasteiger partial charge in [-0.1, -0.05) is 13.8 Å². The normalized spacial score (nSPS) is 25.0. The minimum Gasteiger partial charge on any atom is -0.394 e. The zero-order valence-corrected chi connectivity index (χ0v) is 10.6. The maximum absolute atomic E-state index is 12.0. The van der Waals surface area contributed by atoms with Crippen LogP contribution in [-0.2, 0) is 0 Å². The number of rotatable bonds is 3. The van der Waals surface area contributed by atoms with E-state index in [1.807, 2.05) is 18.7 Å². The molecule has 1 rings (SSSR count). The van der Waals surface area contributed by atoms with E-state index in [4.69, 9.17) is 0 Å². The molecule has 4 heteroatoms. The Kier molecular flexibility index (Phi) is 4.59. The van der Waals surface area contributed by atoms with Crippen molar-refractivity contribution in [3.63, 3.8) is 0 Å². The van der Waals surface area contributed by atoms with Crippen LogP contribution >= 0.6 is 0 Å². The maximum atomic E-state index is 12.0. The molecule has 1 heterocycles. The molecule has 2 unspecified atom stereocenters. The third-order valence-corrected chi connectivity index (χ3v) is 3.48. The second kappa shape index (κ2) is 5.53. The van der Waals surface area contributed by atoms with Crippen LogP contribution in [0.5, 0.6) is 0 Å². The van der Waals surface area contributed by atoms with E-state index >= 15 is 0 Å². The Morgan fingerprint density at radius 3 is 2.81 bits per heavy atom. The number of carbonyl (C=O) groups is 1. The van der Waals surface area contributed by atoms with Crippen LogP contribution in [0.4, 0.5) is 4.79 Å². The average molecular weight is 228 g/mol. The second-order valence-electron chi connectivity index (χ2n) is 5.20. The molecule has 0 radical (unpaired) electrons. The van der Waals surface area contributed by atoms with Gasteiger partial charge >= 0.3 is 6.03 Å². The largest absolute Gasteiger partial charge is 0.394 e. The summed E-state index contributed by atoms with van der Waals surface area (Å²) in [5.74, 6) is 0.585. The number of carbonyl (C=O) groups excluding carboxylic acids is 1. The molecule has 0 aromatic rings. The Bertz CT molecular complexity index is 239. The Morgan fingerprint density at radius 2 is 2.31 bits per heavy atom. The van der Waals surface area contributed by atoms with Gasteiger partial charge in [-0.15, -0.1) is 0 Å². The first-order valence-electron chi connectivity index (χ1n) is 6.18. The van der Waals surface area contributed by atoms with E-state index in [0.29, 0.717) is 5.92 Å². The summed E-state index contributed by atoms with van der Waals surface area (Å²) in [6, 6.07) is -0.0371. The van der Waals surface area contributed by atoms with Crippen LogP contribution < -0.4 is 5.32 Å². The van der Waals surface area contributed by atoms with Crippen LogP contribution in [0.1, 0.15) is 40.0 Å². The van der Waals surface area contributed by atoms with Crippen LogP contribution in [-0.4, -0.2) is 41.3 Å². The van der Waals surface area contributed by atoms with E-state index in [1.165, 1.54) is 6.42 Å². The molecule has 1 aliphatic rings. The molecular weight excluding hydrogens is 204 g/mol. The number of nitrogens with one attached hydrogen (secondary N) is 1. The quantitative estimate of drug-likeness (QED) is 0.770. The fraction of sp³-hybridized carbons (Fsp3) is 0.917. The molecule has 1 fully saturated rings. The number of nitrogens with zero attached hydrogens (tertiary/aromatic N) is 1. The topological polar surface area (TPSA) is 52.6 Å². The molecule has 2 N–H and O–H groups in total. The van der Waals surface area contributed by atoms with E-state index in [2.05, 4.69) is 12.2 Å². The molecule has 0 saturated carbocycles. The molecule has 0 aliphatic carbocycles. The lowest BCUT2D eigenvalue weighted by Crippen LogP contribution is -2.55. The molecule has 0 bridgehead atoms. The number of urea groups is 1. The second-order valence-corrected chi connectivity index (χ2v) is 5.20. The standard InChI is InChI=1S/C12H24N2O2/c1-4-12(3,9-15)13-11(16)14-7-5-6-10(2)8-14/h10,15H,4-9H2,1-3H3,(H,13,16). The van der Waals surface area contributed by atoms with Crippen LogP contribution in [0, 0.1) is 5.92 Å². The van der Waals surface area contributed by atoms with Crippen molar-refractivity contribution < 1.29 is 9.90 Å². The Labute approximate surface area is 98.0 Å². The predicted octanol–water partition coefficient (Wildman–Crippen LogP) is 1.59. The highest BCUT2D eigenvalue weighted by molar-refractivity contribution is 5.75. The summed E-state index contributed by atoms with van der Waals surface area (Å²) in [6.07, 6.45) is 3.02. The minimum absolute atomic E-state index is 0.0152. The van der Waals surface area contributed by atoms with Gasteiger partial charge in [-0.25, -0.2) is 4.79 Å². The highest BCUT2D eigenvalue weighted by Crippen LogP contribution is 2.16. The van der Waals surface area contributed by atoms with Gasteiger partial charge in [0.25, 0.3) is 0 Å². The zero-order chi connectivity index (χ0) is 12.2. The summed E-state index contributed by atoms with van der Waals surface area (Å²) in [5, 5.41) is 12.2. The van der Waals surface area contributed by atoms with Crippen molar-refractivity contribution in [3.05, 3.63) is 0 Å². The number of aliphatic hydroxyl groups is 1. The fourth-order valence-electron chi connectivity index (χ4n) is 1.95. The van der Waals surface area contributed by atoms with E-state index in [9.17, 15) is 9.90 Å². The van der Waals surface area contributed by atoms with Crippen LogP contribution in [0.2, 0.25) is 0 Å². The van der Waals surface area contributed by atoms with Gasteiger partial charge in [0.1, 0.15) is 0 Å². The SMILES string of the molecule is CCC(C)(CO)NC(=O)N1CCCC(C)C1. The van der Waals surface area contributed by atoms with Crippen molar-refractivity contribution in [2.75, 3.05) is 19.7 Å². The number of amides is 2. The van der Waals surface area contributed by atoms with Gasteiger partial charge in [0.05, 0.1) is 12.1 Å². The number of hydrogen-bond acceptors (Lipinski definition) is 2. The molecular formula is C12H24N2O2. The highest BCUT2D eigenvalue weighted by Gasteiger charge is 2.27. The molecule has 0 aromatic heterocycles. The third kappa shape index (κ3) is 3.37. The summed E-state index contributed by atoms with van der Waals surface area (Å²) in [5.41, 5.74) is -0.488. The van der Waals surface area contributed by atoms with E-state index in [-0.39, 0.29) is 12.6 Å². The zero-order valence-electron chi connectivity index (χ0n) is 10.6. The number of piperidine rings is 1. The molecule has 1 saturated heterocycles. The Balaban J connectivity index is 2.51. The van der Waals surface area contributed by atoms with E-state index in [1.54, 1.807) is 0 Å². The van der Waals surface area contributed by atoms with Crippen molar-refractivity contribution in [1.29, 1.82) is 0 Å². The van der Waals surface area contributed by atoms with Gasteiger partial charge in [-0.2, -0.15) is 0 Å². The lowest BCUT2D eigenvalue weighted by atomic mass is 9.99. The summed E-state index contributed by atoms with van der Waals surface area (Å²) in [4.78, 5) is 13.8. The lowest BCUT2D eigenvalue weighted by molar-refractivity contribution is 0.135. The number of aliphatic hydroxyl groups excluding tert-OH is 1. The fourth-order valence-corrected chi connectivity index (χ4v) is 1.95. The Morgan fingerprint density at radius 1 is 1.62 bits per heavy atom. The number of likely N-dealkylation sites (tertiary alicyclic amines) is 1. The van der Waals surface area contributed by atoms with Crippen molar-refractivity contribution >= 4 is 6.03 Å². The summed E-state index contributed by atoms with van der Waals surface area (Å²) >= 11 is 0. The molecule has 2 amide bonds. The van der Waals surface area contributed by atoms with Gasteiger partial charge < -0.3 is 15.3 Å².